The highest BCUT2D eigenvalue weighted by molar-refractivity contribution is 7.52. The maximum absolute atomic E-state index is 12.8. The van der Waals surface area contributed by atoms with Gasteiger partial charge in [0.05, 0.1) is 6.16 Å². The molecule has 0 aromatic heterocycles. The fourth-order valence-electron chi connectivity index (χ4n) is 2.86. The molecular formula is C19H23O5P. The highest BCUT2D eigenvalue weighted by Gasteiger charge is 2.39. The van der Waals surface area contributed by atoms with Crippen LogP contribution in [0.4, 0.5) is 0 Å². The number of rotatable bonds is 9. The van der Waals surface area contributed by atoms with Crippen LogP contribution in [-0.4, -0.2) is 16.0 Å². The minimum absolute atomic E-state index is 0.116. The van der Waals surface area contributed by atoms with Crippen LogP contribution in [0.15, 0.2) is 60.7 Å². The molecule has 0 aliphatic rings. The summed E-state index contributed by atoms with van der Waals surface area (Å²) in [5.41, 5.74) is 0.296. The first-order valence-corrected chi connectivity index (χ1v) is 9.97. The molecule has 0 spiro atoms. The molecule has 0 fully saturated rings. The van der Waals surface area contributed by atoms with Crippen molar-refractivity contribution in [2.24, 2.45) is 0 Å². The molecule has 2 aromatic carbocycles. The van der Waals surface area contributed by atoms with Crippen LogP contribution in [0.1, 0.15) is 37.3 Å². The lowest BCUT2D eigenvalue weighted by Gasteiger charge is -2.35. The first kappa shape index (κ1) is 19.4. The Morgan fingerprint density at radius 2 is 1.64 bits per heavy atom. The van der Waals surface area contributed by atoms with Gasteiger partial charge < -0.3 is 10.00 Å². The third-order valence-corrected chi connectivity index (χ3v) is 5.56. The molecule has 0 amide bonds. The van der Waals surface area contributed by atoms with E-state index in [4.69, 9.17) is 9.63 Å². The second kappa shape index (κ2) is 8.43. The number of carboxylic acid groups (broad SMARTS) is 1. The number of hydrogen-bond donors (Lipinski definition) is 2. The third kappa shape index (κ3) is 5.53. The van der Waals surface area contributed by atoms with E-state index in [1.54, 1.807) is 36.4 Å². The zero-order valence-corrected chi connectivity index (χ0v) is 15.1. The van der Waals surface area contributed by atoms with Gasteiger partial charge in [0.15, 0.2) is 0 Å². The van der Waals surface area contributed by atoms with Crippen LogP contribution < -0.4 is 0 Å². The van der Waals surface area contributed by atoms with Crippen molar-refractivity contribution in [3.8, 4) is 0 Å². The smallest absolute Gasteiger partial charge is 0.333 e. The van der Waals surface area contributed by atoms with Gasteiger partial charge in [0.25, 0.3) is 0 Å². The van der Waals surface area contributed by atoms with Crippen LogP contribution in [0.3, 0.4) is 0 Å². The molecule has 0 saturated heterocycles. The van der Waals surface area contributed by atoms with Crippen molar-refractivity contribution >= 4 is 13.6 Å². The quantitative estimate of drug-likeness (QED) is 0.639. The van der Waals surface area contributed by atoms with Crippen molar-refractivity contribution in [1.29, 1.82) is 0 Å². The lowest BCUT2D eigenvalue weighted by Crippen LogP contribution is -2.29. The maximum Gasteiger partial charge on any atom is 0.333 e. The SMILES string of the molecule is CCC(CCC(=O)O)(OP(=O)(O)Cc1ccccc1)c1ccccc1. The van der Waals surface area contributed by atoms with Gasteiger partial charge in [-0.3, -0.25) is 13.9 Å². The molecule has 6 heteroatoms. The van der Waals surface area contributed by atoms with E-state index in [2.05, 4.69) is 0 Å². The van der Waals surface area contributed by atoms with E-state index in [-0.39, 0.29) is 19.0 Å². The van der Waals surface area contributed by atoms with Gasteiger partial charge in [0.1, 0.15) is 5.60 Å². The van der Waals surface area contributed by atoms with Crippen LogP contribution in [0.25, 0.3) is 0 Å². The molecule has 2 aromatic rings. The average Bonchev–Trinajstić information content (AvgIpc) is 2.60. The summed E-state index contributed by atoms with van der Waals surface area (Å²) < 4.78 is 18.5. The molecule has 0 bridgehead atoms. The Kier molecular flexibility index (Phi) is 6.54. The van der Waals surface area contributed by atoms with Crippen molar-refractivity contribution < 1.29 is 23.9 Å². The van der Waals surface area contributed by atoms with E-state index in [1.807, 2.05) is 31.2 Å². The van der Waals surface area contributed by atoms with Crippen LogP contribution in [0, 0.1) is 0 Å². The van der Waals surface area contributed by atoms with Crippen LogP contribution >= 0.6 is 7.60 Å². The van der Waals surface area contributed by atoms with Gasteiger partial charge in [-0.25, -0.2) is 0 Å². The summed E-state index contributed by atoms with van der Waals surface area (Å²) in [5, 5.41) is 9.07. The Balaban J connectivity index is 2.31. The van der Waals surface area contributed by atoms with Gasteiger partial charge in [0.2, 0.25) is 0 Å². The first-order valence-electron chi connectivity index (χ1n) is 8.21. The molecule has 5 nitrogen and oxygen atoms in total. The highest BCUT2D eigenvalue weighted by atomic mass is 31.2. The number of hydrogen-bond acceptors (Lipinski definition) is 3. The lowest BCUT2D eigenvalue weighted by atomic mass is 9.87. The van der Waals surface area contributed by atoms with E-state index < -0.39 is 19.2 Å². The van der Waals surface area contributed by atoms with Crippen LogP contribution in [-0.2, 0) is 25.6 Å². The fourth-order valence-corrected chi connectivity index (χ4v) is 4.47. The highest BCUT2D eigenvalue weighted by Crippen LogP contribution is 2.54. The van der Waals surface area contributed by atoms with Gasteiger partial charge in [-0.05, 0) is 24.0 Å². The summed E-state index contributed by atoms with van der Waals surface area (Å²) >= 11 is 0. The van der Waals surface area contributed by atoms with Gasteiger partial charge in [-0.1, -0.05) is 67.6 Å². The predicted molar refractivity (Wildman–Crippen MR) is 96.3 cm³/mol. The maximum atomic E-state index is 12.8. The molecule has 0 radical (unpaired) electrons. The van der Waals surface area contributed by atoms with Crippen molar-refractivity contribution in [2.75, 3.05) is 0 Å². The van der Waals surface area contributed by atoms with Gasteiger partial charge >= 0.3 is 13.6 Å². The number of aliphatic carboxylic acids is 1. The van der Waals surface area contributed by atoms with Crippen molar-refractivity contribution in [1.82, 2.24) is 0 Å². The largest absolute Gasteiger partial charge is 0.481 e. The minimum Gasteiger partial charge on any atom is -0.481 e. The molecule has 2 atom stereocenters. The molecule has 2 unspecified atom stereocenters. The van der Waals surface area contributed by atoms with Crippen molar-refractivity contribution in [3.63, 3.8) is 0 Å². The normalized spacial score (nSPS) is 15.9. The summed E-state index contributed by atoms with van der Waals surface area (Å²) in [6.45, 7) is 1.83. The minimum atomic E-state index is -3.97. The molecule has 0 aliphatic heterocycles. The second-order valence-electron chi connectivity index (χ2n) is 5.98. The monoisotopic (exact) mass is 362 g/mol. The van der Waals surface area contributed by atoms with E-state index >= 15 is 0 Å². The Morgan fingerprint density at radius 3 is 2.16 bits per heavy atom. The van der Waals surface area contributed by atoms with Crippen LogP contribution in [0.5, 0.6) is 0 Å². The molecule has 0 heterocycles. The second-order valence-corrected chi connectivity index (χ2v) is 7.75. The first-order chi connectivity index (χ1) is 11.9. The molecule has 2 rings (SSSR count). The summed E-state index contributed by atoms with van der Waals surface area (Å²) in [5.74, 6) is -0.965. The van der Waals surface area contributed by atoms with Gasteiger partial charge in [-0.15, -0.1) is 0 Å². The van der Waals surface area contributed by atoms with E-state index in [9.17, 15) is 14.3 Å². The average molecular weight is 362 g/mol. The van der Waals surface area contributed by atoms with E-state index in [0.29, 0.717) is 17.5 Å². The number of benzene rings is 2. The summed E-state index contributed by atoms with van der Waals surface area (Å²) in [4.78, 5) is 21.5. The molecule has 0 aliphatic carbocycles. The Morgan fingerprint density at radius 1 is 1.08 bits per heavy atom. The Labute approximate surface area is 147 Å². The van der Waals surface area contributed by atoms with E-state index in [0.717, 1.165) is 0 Å². The lowest BCUT2D eigenvalue weighted by molar-refractivity contribution is -0.138. The molecular weight excluding hydrogens is 339 g/mol. The third-order valence-electron chi connectivity index (χ3n) is 4.16. The molecule has 2 N–H and O–H groups in total. The summed E-state index contributed by atoms with van der Waals surface area (Å²) in [6, 6.07) is 18.0. The Bertz CT molecular complexity index is 732. The number of carbonyl (C=O) groups is 1. The van der Waals surface area contributed by atoms with Crippen molar-refractivity contribution in [2.45, 2.75) is 37.9 Å². The zero-order valence-electron chi connectivity index (χ0n) is 14.2. The summed E-state index contributed by atoms with van der Waals surface area (Å²) in [6.07, 6.45) is 0.259. The van der Waals surface area contributed by atoms with Crippen molar-refractivity contribution in [3.05, 3.63) is 71.8 Å². The molecule has 25 heavy (non-hydrogen) atoms. The topological polar surface area (TPSA) is 83.8 Å². The van der Waals surface area contributed by atoms with E-state index in [1.165, 1.54) is 0 Å². The standard InChI is InChI=1S/C19H23O5P/c1-2-19(14-13-18(20)21,17-11-7-4-8-12-17)24-25(22,23)15-16-9-5-3-6-10-16/h3-12H,2,13-15H2,1H3,(H,20,21)(H,22,23). The summed E-state index contributed by atoms with van der Waals surface area (Å²) in [7, 11) is -3.97. The van der Waals surface area contributed by atoms with Gasteiger partial charge in [0, 0.05) is 6.42 Å². The fraction of sp³-hybridized carbons (Fsp3) is 0.316. The number of carboxylic acids is 1. The zero-order chi connectivity index (χ0) is 18.3. The van der Waals surface area contributed by atoms with Gasteiger partial charge in [-0.2, -0.15) is 0 Å². The molecule has 134 valence electrons. The Hall–Kier alpha value is -1.94. The predicted octanol–water partition coefficient (Wildman–Crippen LogP) is 4.56. The molecule has 0 saturated carbocycles. The van der Waals surface area contributed by atoms with Crippen LogP contribution in [0.2, 0.25) is 0 Å².